The Kier molecular flexibility index (Phi) is 7.70. The van der Waals surface area contributed by atoms with E-state index in [9.17, 15) is 14.4 Å². The molecule has 1 aliphatic rings. The van der Waals surface area contributed by atoms with E-state index < -0.39 is 29.5 Å². The fourth-order valence-corrected chi connectivity index (χ4v) is 2.85. The molecule has 0 aromatic rings. The minimum atomic E-state index is -0.901. The second kappa shape index (κ2) is 9.04. The number of nitrogens with one attached hydrogen (secondary N) is 1. The third-order valence-corrected chi connectivity index (χ3v) is 3.85. The van der Waals surface area contributed by atoms with Gasteiger partial charge in [-0.2, -0.15) is 0 Å². The van der Waals surface area contributed by atoms with E-state index in [-0.39, 0.29) is 6.10 Å². The summed E-state index contributed by atoms with van der Waals surface area (Å²) in [5.74, 6) is -1.28. The Bertz CT molecular complexity index is 447. The van der Waals surface area contributed by atoms with Gasteiger partial charge in [0.2, 0.25) is 0 Å². The molecule has 0 saturated heterocycles. The van der Waals surface area contributed by atoms with Crippen LogP contribution in [-0.2, 0) is 19.1 Å². The van der Waals surface area contributed by atoms with Gasteiger partial charge in [-0.3, -0.25) is 4.79 Å². The lowest BCUT2D eigenvalue weighted by atomic mass is 9.84. The molecular weight excluding hydrogens is 310 g/mol. The summed E-state index contributed by atoms with van der Waals surface area (Å²) in [5.41, 5.74) is -0.666. The fourth-order valence-electron chi connectivity index (χ4n) is 2.85. The van der Waals surface area contributed by atoms with Crippen molar-refractivity contribution in [2.24, 2.45) is 5.92 Å². The number of amides is 1. The largest absolute Gasteiger partial charge is 0.457 e. The minimum absolute atomic E-state index is 0.328. The average Bonchev–Trinajstić information content (AvgIpc) is 2.44. The second-order valence-electron chi connectivity index (χ2n) is 7.76. The first-order chi connectivity index (χ1) is 11.1. The van der Waals surface area contributed by atoms with Gasteiger partial charge >= 0.3 is 12.1 Å². The van der Waals surface area contributed by atoms with E-state index in [2.05, 4.69) is 5.32 Å². The molecule has 1 unspecified atom stereocenters. The first kappa shape index (κ1) is 20.5. The van der Waals surface area contributed by atoms with Crippen LogP contribution in [0.2, 0.25) is 0 Å². The molecule has 0 aromatic carbocycles. The Morgan fingerprint density at radius 1 is 1.08 bits per heavy atom. The van der Waals surface area contributed by atoms with Crippen LogP contribution in [0.15, 0.2) is 0 Å². The van der Waals surface area contributed by atoms with Crippen molar-refractivity contribution >= 4 is 17.8 Å². The van der Waals surface area contributed by atoms with Crippen LogP contribution in [0, 0.1) is 5.92 Å². The van der Waals surface area contributed by atoms with Crippen molar-refractivity contribution in [1.82, 2.24) is 5.32 Å². The van der Waals surface area contributed by atoms with Gasteiger partial charge in [-0.1, -0.05) is 32.1 Å². The molecule has 0 aliphatic heterocycles. The number of hydrogen-bond acceptors (Lipinski definition) is 5. The maximum atomic E-state index is 12.4. The van der Waals surface area contributed by atoms with Crippen LogP contribution in [0.25, 0.3) is 0 Å². The van der Waals surface area contributed by atoms with E-state index in [0.29, 0.717) is 12.3 Å². The molecule has 1 saturated carbocycles. The van der Waals surface area contributed by atoms with Crippen LogP contribution < -0.4 is 5.32 Å². The predicted molar refractivity (Wildman–Crippen MR) is 90.6 cm³/mol. The topological polar surface area (TPSA) is 81.7 Å². The van der Waals surface area contributed by atoms with Crippen LogP contribution in [0.3, 0.4) is 0 Å². The summed E-state index contributed by atoms with van der Waals surface area (Å²) >= 11 is 0. The van der Waals surface area contributed by atoms with Crippen molar-refractivity contribution < 1.29 is 23.9 Å². The highest BCUT2D eigenvalue weighted by molar-refractivity contribution is 6.36. The Morgan fingerprint density at radius 3 is 2.17 bits per heavy atom. The van der Waals surface area contributed by atoms with Gasteiger partial charge in [0, 0.05) is 0 Å². The number of carbonyl (C=O) groups excluding carboxylic acids is 3. The highest BCUT2D eigenvalue weighted by Crippen LogP contribution is 2.27. The summed E-state index contributed by atoms with van der Waals surface area (Å²) in [7, 11) is 0. The molecule has 0 spiro atoms. The summed E-state index contributed by atoms with van der Waals surface area (Å²) in [4.78, 5) is 36.4. The minimum Gasteiger partial charge on any atom is -0.457 e. The van der Waals surface area contributed by atoms with Crippen molar-refractivity contribution in [3.05, 3.63) is 0 Å². The van der Waals surface area contributed by atoms with E-state index in [1.165, 1.54) is 6.42 Å². The van der Waals surface area contributed by atoms with Crippen molar-refractivity contribution in [3.8, 4) is 0 Å². The lowest BCUT2D eigenvalue weighted by Gasteiger charge is -2.27. The standard InChI is InChI=1S/C18H31NO5/c1-12(2)23-16(21)15(20)14(11-13-9-7-6-8-10-13)19-17(22)24-18(3,4)5/h12-14H,6-11H2,1-5H3,(H,19,22). The van der Waals surface area contributed by atoms with Crippen LogP contribution in [0.4, 0.5) is 4.79 Å². The zero-order chi connectivity index (χ0) is 18.3. The molecule has 6 heteroatoms. The molecule has 1 fully saturated rings. The third kappa shape index (κ3) is 7.79. The van der Waals surface area contributed by atoms with E-state index >= 15 is 0 Å². The van der Waals surface area contributed by atoms with E-state index in [4.69, 9.17) is 9.47 Å². The van der Waals surface area contributed by atoms with E-state index in [1.807, 2.05) is 0 Å². The predicted octanol–water partition coefficient (Wildman–Crippen LogP) is 3.37. The number of ketones is 1. The zero-order valence-corrected chi connectivity index (χ0v) is 15.5. The number of alkyl carbamates (subject to hydrolysis) is 1. The number of carbonyl (C=O) groups is 3. The molecule has 0 heterocycles. The van der Waals surface area contributed by atoms with Gasteiger partial charge in [-0.05, 0) is 47.0 Å². The Balaban J connectivity index is 2.75. The van der Waals surface area contributed by atoms with Crippen molar-refractivity contribution in [1.29, 1.82) is 0 Å². The molecule has 138 valence electrons. The van der Waals surface area contributed by atoms with Crippen LogP contribution >= 0.6 is 0 Å². The van der Waals surface area contributed by atoms with Gasteiger partial charge in [-0.25, -0.2) is 9.59 Å². The lowest BCUT2D eigenvalue weighted by Crippen LogP contribution is -2.47. The van der Waals surface area contributed by atoms with Crippen LogP contribution in [-0.4, -0.2) is 35.6 Å². The lowest BCUT2D eigenvalue weighted by molar-refractivity contribution is -0.157. The molecule has 1 amide bonds. The molecule has 0 radical (unpaired) electrons. The summed E-state index contributed by atoms with van der Waals surface area (Å²) in [6.07, 6.45) is 4.85. The van der Waals surface area contributed by atoms with Gasteiger partial charge < -0.3 is 14.8 Å². The third-order valence-electron chi connectivity index (χ3n) is 3.85. The molecule has 1 aliphatic carbocycles. The zero-order valence-electron chi connectivity index (χ0n) is 15.5. The monoisotopic (exact) mass is 341 g/mol. The number of ether oxygens (including phenoxy) is 2. The normalized spacial score (nSPS) is 17.2. The molecular formula is C18H31NO5. The quantitative estimate of drug-likeness (QED) is 0.592. The molecule has 1 atom stereocenters. The van der Waals surface area contributed by atoms with Gasteiger partial charge in [-0.15, -0.1) is 0 Å². The van der Waals surface area contributed by atoms with Gasteiger partial charge in [0.25, 0.3) is 5.78 Å². The Hall–Kier alpha value is -1.59. The van der Waals surface area contributed by atoms with Crippen molar-refractivity contribution in [3.63, 3.8) is 0 Å². The molecule has 1 N–H and O–H groups in total. The summed E-state index contributed by atoms with van der Waals surface area (Å²) in [6, 6.07) is -0.894. The first-order valence-electron chi connectivity index (χ1n) is 8.83. The Labute approximate surface area is 144 Å². The number of hydrogen-bond donors (Lipinski definition) is 1. The van der Waals surface area contributed by atoms with E-state index in [1.54, 1.807) is 34.6 Å². The van der Waals surface area contributed by atoms with Gasteiger partial charge in [0.05, 0.1) is 6.10 Å². The average molecular weight is 341 g/mol. The van der Waals surface area contributed by atoms with Crippen molar-refractivity contribution in [2.75, 3.05) is 0 Å². The summed E-state index contributed by atoms with van der Waals surface area (Å²) in [6.45, 7) is 8.61. The highest BCUT2D eigenvalue weighted by atomic mass is 16.6. The highest BCUT2D eigenvalue weighted by Gasteiger charge is 2.32. The fraction of sp³-hybridized carbons (Fsp3) is 0.833. The van der Waals surface area contributed by atoms with Gasteiger partial charge in [0.15, 0.2) is 0 Å². The number of rotatable bonds is 6. The molecule has 0 aromatic heterocycles. The summed E-state index contributed by atoms with van der Waals surface area (Å²) in [5, 5.41) is 2.56. The maximum absolute atomic E-state index is 12.4. The molecule has 1 rings (SSSR count). The second-order valence-corrected chi connectivity index (χ2v) is 7.76. The Morgan fingerprint density at radius 2 is 1.67 bits per heavy atom. The number of Topliss-reactive ketones (excluding diaryl/α,β-unsaturated/α-hetero) is 1. The van der Waals surface area contributed by atoms with Crippen LogP contribution in [0.1, 0.15) is 73.1 Å². The smallest absolute Gasteiger partial charge is 0.408 e. The molecule has 0 bridgehead atoms. The van der Waals surface area contributed by atoms with Crippen LogP contribution in [0.5, 0.6) is 0 Å². The first-order valence-corrected chi connectivity index (χ1v) is 8.83. The SMILES string of the molecule is CC(C)OC(=O)C(=O)C(CC1CCCCC1)NC(=O)OC(C)(C)C. The number of esters is 1. The van der Waals surface area contributed by atoms with Crippen molar-refractivity contribution in [2.45, 2.75) is 90.9 Å². The molecule has 24 heavy (non-hydrogen) atoms. The van der Waals surface area contributed by atoms with E-state index in [0.717, 1.165) is 25.7 Å². The van der Waals surface area contributed by atoms with Gasteiger partial charge in [0.1, 0.15) is 11.6 Å². The summed E-state index contributed by atoms with van der Waals surface area (Å²) < 4.78 is 10.2. The maximum Gasteiger partial charge on any atom is 0.408 e. The molecule has 6 nitrogen and oxygen atoms in total.